The Kier molecular flexibility index (Phi) is 4.62. The van der Waals surface area contributed by atoms with Crippen molar-refractivity contribution in [2.24, 2.45) is 5.41 Å². The normalized spacial score (nSPS) is 25.9. The lowest BCUT2D eigenvalue weighted by Gasteiger charge is -2.33. The number of piperazine rings is 1. The van der Waals surface area contributed by atoms with Gasteiger partial charge in [0.2, 0.25) is 5.91 Å². The van der Waals surface area contributed by atoms with E-state index >= 15 is 0 Å². The van der Waals surface area contributed by atoms with Gasteiger partial charge in [-0.1, -0.05) is 19.8 Å². The molecule has 1 heterocycles. The van der Waals surface area contributed by atoms with Gasteiger partial charge in [-0.25, -0.2) is 0 Å². The Morgan fingerprint density at radius 1 is 1.33 bits per heavy atom. The van der Waals surface area contributed by atoms with E-state index < -0.39 is 0 Å². The molecule has 1 saturated carbocycles. The van der Waals surface area contributed by atoms with Gasteiger partial charge in [0.15, 0.2) is 0 Å². The van der Waals surface area contributed by atoms with Gasteiger partial charge >= 0.3 is 0 Å². The van der Waals surface area contributed by atoms with Crippen molar-refractivity contribution < 1.29 is 4.79 Å². The Labute approximate surface area is 110 Å². The molecule has 2 fully saturated rings. The molecular weight excluding hydrogens is 226 g/mol. The topological polar surface area (TPSA) is 44.4 Å². The summed E-state index contributed by atoms with van der Waals surface area (Å²) in [5, 5.41) is 6.48. The molecule has 0 bridgehead atoms. The molecule has 1 amide bonds. The van der Waals surface area contributed by atoms with Crippen LogP contribution in [0.1, 0.15) is 39.5 Å². The van der Waals surface area contributed by atoms with Crippen LogP contribution in [0.5, 0.6) is 0 Å². The summed E-state index contributed by atoms with van der Waals surface area (Å²) in [7, 11) is 0. The molecular formula is C14H27N3O. The molecule has 0 aromatic carbocycles. The molecule has 2 N–H and O–H groups in total. The first-order chi connectivity index (χ1) is 8.61. The smallest absolute Gasteiger partial charge is 0.237 e. The zero-order chi connectivity index (χ0) is 13.0. The maximum Gasteiger partial charge on any atom is 0.237 e. The fraction of sp³-hybridized carbons (Fsp3) is 0.929. The number of amides is 1. The van der Waals surface area contributed by atoms with Crippen molar-refractivity contribution >= 4 is 5.91 Å². The van der Waals surface area contributed by atoms with Crippen molar-refractivity contribution in [2.45, 2.75) is 45.6 Å². The van der Waals surface area contributed by atoms with E-state index in [2.05, 4.69) is 22.5 Å². The summed E-state index contributed by atoms with van der Waals surface area (Å²) in [6.07, 6.45) is 5.16. The predicted octanol–water partition coefficient (Wildman–Crippen LogP) is 0.977. The lowest BCUT2D eigenvalue weighted by Crippen LogP contribution is -2.53. The van der Waals surface area contributed by atoms with Crippen molar-refractivity contribution in [1.29, 1.82) is 0 Å². The molecule has 2 rings (SSSR count). The van der Waals surface area contributed by atoms with E-state index in [1.165, 1.54) is 25.7 Å². The van der Waals surface area contributed by atoms with Gasteiger partial charge in [-0.3, -0.25) is 9.69 Å². The minimum Gasteiger partial charge on any atom is -0.354 e. The van der Waals surface area contributed by atoms with Crippen LogP contribution in [0.15, 0.2) is 0 Å². The average molecular weight is 253 g/mol. The Hall–Kier alpha value is -0.610. The van der Waals surface area contributed by atoms with Crippen LogP contribution in [0.2, 0.25) is 0 Å². The third-order valence-corrected chi connectivity index (χ3v) is 4.58. The third kappa shape index (κ3) is 3.45. The zero-order valence-corrected chi connectivity index (χ0v) is 11.8. The number of nitrogens with one attached hydrogen (secondary N) is 2. The van der Waals surface area contributed by atoms with Crippen LogP contribution in [-0.2, 0) is 4.79 Å². The van der Waals surface area contributed by atoms with Crippen LogP contribution < -0.4 is 10.6 Å². The van der Waals surface area contributed by atoms with Gasteiger partial charge in [0.05, 0.1) is 6.04 Å². The number of hydrogen-bond acceptors (Lipinski definition) is 3. The first-order valence-electron chi connectivity index (χ1n) is 7.33. The van der Waals surface area contributed by atoms with Gasteiger partial charge in [-0.2, -0.15) is 0 Å². The number of hydrogen-bond donors (Lipinski definition) is 2. The van der Waals surface area contributed by atoms with Crippen LogP contribution in [0, 0.1) is 5.41 Å². The van der Waals surface area contributed by atoms with Crippen LogP contribution in [0.3, 0.4) is 0 Å². The number of carbonyl (C=O) groups excluding carboxylic acids is 1. The van der Waals surface area contributed by atoms with Crippen molar-refractivity contribution in [3.63, 3.8) is 0 Å². The maximum atomic E-state index is 12.2. The second-order valence-electron chi connectivity index (χ2n) is 6.20. The molecule has 1 atom stereocenters. The molecule has 1 aliphatic heterocycles. The molecule has 4 nitrogen and oxygen atoms in total. The summed E-state index contributed by atoms with van der Waals surface area (Å²) in [5.41, 5.74) is 0.346. The predicted molar refractivity (Wildman–Crippen MR) is 73.5 cm³/mol. The highest BCUT2D eigenvalue weighted by molar-refractivity contribution is 5.81. The molecule has 0 aromatic rings. The largest absolute Gasteiger partial charge is 0.354 e. The molecule has 0 spiro atoms. The molecule has 0 radical (unpaired) electrons. The number of rotatable bonds is 4. The van der Waals surface area contributed by atoms with Crippen molar-refractivity contribution in [3.8, 4) is 0 Å². The molecule has 1 unspecified atom stereocenters. The molecule has 1 aliphatic carbocycles. The number of nitrogens with zero attached hydrogens (tertiary/aromatic N) is 1. The summed E-state index contributed by atoms with van der Waals surface area (Å²) in [4.78, 5) is 14.4. The van der Waals surface area contributed by atoms with Gasteiger partial charge in [-0.15, -0.1) is 0 Å². The van der Waals surface area contributed by atoms with E-state index in [4.69, 9.17) is 0 Å². The molecule has 18 heavy (non-hydrogen) atoms. The van der Waals surface area contributed by atoms with E-state index in [0.29, 0.717) is 5.41 Å². The molecule has 0 aromatic heterocycles. The molecule has 4 heteroatoms. The minimum absolute atomic E-state index is 0.0112. The standard InChI is InChI=1S/C14H27N3O/c1-12(17-9-7-15-8-10-17)13(18)16-11-14(2)5-3-4-6-14/h12,15H,3-11H2,1-2H3,(H,16,18). The summed E-state index contributed by atoms with van der Waals surface area (Å²) in [6.45, 7) is 9.12. The summed E-state index contributed by atoms with van der Waals surface area (Å²) >= 11 is 0. The van der Waals surface area contributed by atoms with Gasteiger partial charge in [-0.05, 0) is 25.2 Å². The maximum absolute atomic E-state index is 12.2. The van der Waals surface area contributed by atoms with Crippen molar-refractivity contribution in [2.75, 3.05) is 32.7 Å². The van der Waals surface area contributed by atoms with Gasteiger partial charge in [0, 0.05) is 32.7 Å². The lowest BCUT2D eigenvalue weighted by atomic mass is 9.89. The third-order valence-electron chi connectivity index (χ3n) is 4.58. The summed E-state index contributed by atoms with van der Waals surface area (Å²) < 4.78 is 0. The first kappa shape index (κ1) is 13.8. The van der Waals surface area contributed by atoms with E-state index in [1.54, 1.807) is 0 Å². The monoisotopic (exact) mass is 253 g/mol. The Bertz CT molecular complexity index is 281. The second kappa shape index (κ2) is 6.02. The molecule has 2 aliphatic rings. The summed E-state index contributed by atoms with van der Waals surface area (Å²) in [5.74, 6) is 0.199. The van der Waals surface area contributed by atoms with Crippen LogP contribution >= 0.6 is 0 Å². The summed E-state index contributed by atoms with van der Waals surface area (Å²) in [6, 6.07) is 0.0112. The van der Waals surface area contributed by atoms with Crippen LogP contribution in [0.25, 0.3) is 0 Å². The highest BCUT2D eigenvalue weighted by Gasteiger charge is 2.30. The average Bonchev–Trinajstić information content (AvgIpc) is 2.83. The number of carbonyl (C=O) groups is 1. The minimum atomic E-state index is 0.0112. The zero-order valence-electron chi connectivity index (χ0n) is 11.8. The van der Waals surface area contributed by atoms with Crippen LogP contribution in [-0.4, -0.2) is 49.6 Å². The Balaban J connectivity index is 1.76. The molecule has 1 saturated heterocycles. The van der Waals surface area contributed by atoms with Crippen molar-refractivity contribution in [1.82, 2.24) is 15.5 Å². The quantitative estimate of drug-likeness (QED) is 0.785. The highest BCUT2D eigenvalue weighted by atomic mass is 16.2. The Morgan fingerprint density at radius 2 is 1.94 bits per heavy atom. The van der Waals surface area contributed by atoms with Gasteiger partial charge in [0.25, 0.3) is 0 Å². The SMILES string of the molecule is CC(C(=O)NCC1(C)CCCC1)N1CCNCC1. The van der Waals surface area contributed by atoms with Crippen molar-refractivity contribution in [3.05, 3.63) is 0 Å². The van der Waals surface area contributed by atoms with Gasteiger partial charge < -0.3 is 10.6 Å². The van der Waals surface area contributed by atoms with E-state index in [-0.39, 0.29) is 11.9 Å². The first-order valence-corrected chi connectivity index (χ1v) is 7.33. The highest BCUT2D eigenvalue weighted by Crippen LogP contribution is 2.36. The Morgan fingerprint density at radius 3 is 2.56 bits per heavy atom. The van der Waals surface area contributed by atoms with Gasteiger partial charge in [0.1, 0.15) is 0 Å². The van der Waals surface area contributed by atoms with E-state index in [0.717, 1.165) is 32.7 Å². The lowest BCUT2D eigenvalue weighted by molar-refractivity contribution is -0.126. The van der Waals surface area contributed by atoms with Crippen LogP contribution in [0.4, 0.5) is 0 Å². The fourth-order valence-corrected chi connectivity index (χ4v) is 3.09. The molecule has 104 valence electrons. The fourth-order valence-electron chi connectivity index (χ4n) is 3.09. The van der Waals surface area contributed by atoms with E-state index in [9.17, 15) is 4.79 Å². The second-order valence-corrected chi connectivity index (χ2v) is 6.20. The van der Waals surface area contributed by atoms with E-state index in [1.807, 2.05) is 6.92 Å².